The number of amides is 2. The van der Waals surface area contributed by atoms with E-state index in [0.29, 0.717) is 74.8 Å². The van der Waals surface area contributed by atoms with Gasteiger partial charge in [-0.2, -0.15) is 0 Å². The van der Waals surface area contributed by atoms with E-state index >= 15 is 0 Å². The van der Waals surface area contributed by atoms with Crippen LogP contribution >= 0.6 is 0 Å². The van der Waals surface area contributed by atoms with Crippen LogP contribution in [0.5, 0.6) is 5.75 Å². The summed E-state index contributed by atoms with van der Waals surface area (Å²) in [4.78, 5) is 29.6. The third-order valence-corrected chi connectivity index (χ3v) is 5.99. The number of carbonyl (C=O) groups is 2. The van der Waals surface area contributed by atoms with E-state index in [9.17, 15) is 19.1 Å². The summed E-state index contributed by atoms with van der Waals surface area (Å²) in [5.74, 6) is -0.923. The molecule has 0 spiro atoms. The van der Waals surface area contributed by atoms with Crippen molar-refractivity contribution >= 4 is 11.8 Å². The van der Waals surface area contributed by atoms with Gasteiger partial charge in [0.25, 0.3) is 11.8 Å². The largest absolute Gasteiger partial charge is 0.491 e. The number of rotatable bonds is 9. The third-order valence-electron chi connectivity index (χ3n) is 5.99. The Bertz CT molecular complexity index is 1080. The second kappa shape index (κ2) is 11.6. The van der Waals surface area contributed by atoms with Gasteiger partial charge in [0.1, 0.15) is 17.3 Å². The van der Waals surface area contributed by atoms with Crippen LogP contribution in [0.25, 0.3) is 0 Å². The van der Waals surface area contributed by atoms with Crippen molar-refractivity contribution in [1.82, 2.24) is 15.6 Å². The van der Waals surface area contributed by atoms with E-state index in [1.54, 1.807) is 12.1 Å². The number of carbonyl (C=O) groups excluding carboxylic acids is 2. The van der Waals surface area contributed by atoms with Gasteiger partial charge < -0.3 is 30.0 Å². The maximum Gasteiger partial charge on any atom is 0.270 e. The molecule has 9 nitrogen and oxygen atoms in total. The molecule has 2 aromatic rings. The van der Waals surface area contributed by atoms with Gasteiger partial charge in [-0.3, -0.25) is 9.59 Å². The summed E-state index contributed by atoms with van der Waals surface area (Å²) in [5.41, 5.74) is 2.18. The van der Waals surface area contributed by atoms with Crippen LogP contribution in [-0.4, -0.2) is 73.6 Å². The predicted octanol–water partition coefficient (Wildman–Crippen LogP) is 1.39. The molecular weight excluding hydrogens is 457 g/mol. The first-order valence-electron chi connectivity index (χ1n) is 11.8. The molecule has 2 atom stereocenters. The van der Waals surface area contributed by atoms with Gasteiger partial charge >= 0.3 is 0 Å². The number of halogens is 1. The smallest absolute Gasteiger partial charge is 0.270 e. The molecule has 1 aromatic heterocycles. The second-order valence-electron chi connectivity index (χ2n) is 8.50. The third kappa shape index (κ3) is 6.14. The van der Waals surface area contributed by atoms with Crippen molar-refractivity contribution in [3.63, 3.8) is 0 Å². The second-order valence-corrected chi connectivity index (χ2v) is 8.50. The first kappa shape index (κ1) is 25.0. The summed E-state index contributed by atoms with van der Waals surface area (Å²) in [6, 6.07) is 5.67. The lowest BCUT2D eigenvalue weighted by atomic mass is 10.0. The normalized spacial score (nSPS) is 19.1. The molecule has 10 heteroatoms. The molecule has 0 unspecified atom stereocenters. The summed E-state index contributed by atoms with van der Waals surface area (Å²) >= 11 is 0. The molecule has 3 heterocycles. The Morgan fingerprint density at radius 2 is 2.11 bits per heavy atom. The minimum absolute atomic E-state index is 0.0449. The Kier molecular flexibility index (Phi) is 8.27. The van der Waals surface area contributed by atoms with Crippen LogP contribution in [0.1, 0.15) is 51.0 Å². The molecule has 35 heavy (non-hydrogen) atoms. The first-order chi connectivity index (χ1) is 17.0. The number of hydrogen-bond acceptors (Lipinski definition) is 7. The molecular formula is C25H30FN3O6. The highest BCUT2D eigenvalue weighted by atomic mass is 19.1. The van der Waals surface area contributed by atoms with Crippen molar-refractivity contribution < 1.29 is 33.3 Å². The quantitative estimate of drug-likeness (QED) is 0.458. The van der Waals surface area contributed by atoms with Crippen LogP contribution in [-0.2, 0) is 22.3 Å². The zero-order valence-electron chi connectivity index (χ0n) is 19.6. The van der Waals surface area contributed by atoms with Crippen molar-refractivity contribution in [2.75, 3.05) is 39.6 Å². The SMILES string of the molecule is CCOCCNC(=O)c1ccc(Cc2cc(C(=O)N[C@H]3CCOC[C@@H]3O)nc3c2OCC3)cc1F. The van der Waals surface area contributed by atoms with Crippen molar-refractivity contribution in [2.45, 2.75) is 38.3 Å². The van der Waals surface area contributed by atoms with E-state index in [1.807, 2.05) is 6.92 Å². The average molecular weight is 488 g/mol. The van der Waals surface area contributed by atoms with Gasteiger partial charge in [-0.25, -0.2) is 9.37 Å². The van der Waals surface area contributed by atoms with Gasteiger partial charge in [-0.05, 0) is 37.1 Å². The van der Waals surface area contributed by atoms with E-state index in [-0.39, 0.29) is 17.9 Å². The van der Waals surface area contributed by atoms with Crippen LogP contribution in [0.4, 0.5) is 4.39 Å². The van der Waals surface area contributed by atoms with E-state index in [2.05, 4.69) is 15.6 Å². The lowest BCUT2D eigenvalue weighted by Gasteiger charge is -2.28. The number of pyridine rings is 1. The number of aromatic nitrogens is 1. The number of aliphatic hydroxyl groups excluding tert-OH is 1. The molecule has 0 radical (unpaired) electrons. The number of hydrogen-bond donors (Lipinski definition) is 3. The summed E-state index contributed by atoms with van der Waals surface area (Å²) in [6.07, 6.45) is 0.605. The zero-order chi connectivity index (χ0) is 24.8. The highest BCUT2D eigenvalue weighted by Gasteiger charge is 2.28. The van der Waals surface area contributed by atoms with Gasteiger partial charge in [0.15, 0.2) is 0 Å². The van der Waals surface area contributed by atoms with Crippen LogP contribution in [0.15, 0.2) is 24.3 Å². The van der Waals surface area contributed by atoms with Crippen LogP contribution < -0.4 is 15.4 Å². The maximum absolute atomic E-state index is 14.7. The molecule has 2 aliphatic rings. The fourth-order valence-electron chi connectivity index (χ4n) is 4.17. The number of benzene rings is 1. The first-order valence-corrected chi connectivity index (χ1v) is 11.8. The number of fused-ring (bicyclic) bond motifs is 1. The lowest BCUT2D eigenvalue weighted by molar-refractivity contribution is -0.0261. The monoisotopic (exact) mass is 487 g/mol. The van der Waals surface area contributed by atoms with Crippen molar-refractivity contribution in [3.8, 4) is 5.75 Å². The minimum atomic E-state index is -0.775. The standard InChI is InChI=1S/C25H30FN3O6/c1-2-33-10-7-27-24(31)17-4-3-15(12-18(17)26)11-16-13-21(28-20-6-9-35-23(16)20)25(32)29-19-5-8-34-14-22(19)30/h3-4,12-13,19,22,30H,2,5-11,14H2,1H3,(H,27,31)(H,29,32)/t19-,22-/m0/s1. The lowest BCUT2D eigenvalue weighted by Crippen LogP contribution is -2.48. The topological polar surface area (TPSA) is 119 Å². The van der Waals surface area contributed by atoms with E-state index in [1.165, 1.54) is 12.1 Å². The minimum Gasteiger partial charge on any atom is -0.491 e. The molecule has 3 N–H and O–H groups in total. The fourth-order valence-corrected chi connectivity index (χ4v) is 4.17. The predicted molar refractivity (Wildman–Crippen MR) is 124 cm³/mol. The molecule has 1 fully saturated rings. The van der Waals surface area contributed by atoms with Crippen LogP contribution in [0, 0.1) is 5.82 Å². The molecule has 1 aromatic carbocycles. The summed E-state index contributed by atoms with van der Waals surface area (Å²) < 4.78 is 30.8. The van der Waals surface area contributed by atoms with Crippen molar-refractivity contribution in [1.29, 1.82) is 0 Å². The van der Waals surface area contributed by atoms with Crippen molar-refractivity contribution in [3.05, 3.63) is 58.2 Å². The Balaban J connectivity index is 1.49. The molecule has 1 saturated heterocycles. The molecule has 0 aliphatic carbocycles. The van der Waals surface area contributed by atoms with E-state index in [4.69, 9.17) is 14.2 Å². The summed E-state index contributed by atoms with van der Waals surface area (Å²) in [7, 11) is 0. The molecule has 0 saturated carbocycles. The molecule has 2 aliphatic heterocycles. The van der Waals surface area contributed by atoms with Gasteiger partial charge in [-0.1, -0.05) is 6.07 Å². The number of nitrogens with zero attached hydrogens (tertiary/aromatic N) is 1. The number of nitrogens with one attached hydrogen (secondary N) is 2. The van der Waals surface area contributed by atoms with Crippen molar-refractivity contribution in [2.24, 2.45) is 0 Å². The van der Waals surface area contributed by atoms with Crippen LogP contribution in [0.3, 0.4) is 0 Å². The molecule has 4 rings (SSSR count). The molecule has 188 valence electrons. The Labute approximate surface area is 203 Å². The Morgan fingerprint density at radius 3 is 2.89 bits per heavy atom. The van der Waals surface area contributed by atoms with E-state index < -0.39 is 29.8 Å². The van der Waals surface area contributed by atoms with E-state index in [0.717, 1.165) is 0 Å². The number of ether oxygens (including phenoxy) is 3. The number of aliphatic hydroxyl groups is 1. The highest BCUT2D eigenvalue weighted by molar-refractivity contribution is 5.94. The fraction of sp³-hybridized carbons (Fsp3) is 0.480. The Hall–Kier alpha value is -3.08. The van der Waals surface area contributed by atoms with Crippen LogP contribution in [0.2, 0.25) is 0 Å². The highest BCUT2D eigenvalue weighted by Crippen LogP contribution is 2.31. The van der Waals surface area contributed by atoms with Gasteiger partial charge in [-0.15, -0.1) is 0 Å². The molecule has 0 bridgehead atoms. The summed E-state index contributed by atoms with van der Waals surface area (Å²) in [6.45, 7) is 4.15. The van der Waals surface area contributed by atoms with Gasteiger partial charge in [0.2, 0.25) is 0 Å². The Morgan fingerprint density at radius 1 is 1.26 bits per heavy atom. The average Bonchev–Trinajstić information content (AvgIpc) is 3.32. The maximum atomic E-state index is 14.7. The van der Waals surface area contributed by atoms with Gasteiger partial charge in [0.05, 0.1) is 43.2 Å². The molecule has 2 amide bonds. The zero-order valence-corrected chi connectivity index (χ0v) is 19.6. The van der Waals surface area contributed by atoms with Gasteiger partial charge in [0, 0.05) is 38.2 Å². The summed E-state index contributed by atoms with van der Waals surface area (Å²) in [5, 5.41) is 15.5.